The highest BCUT2D eigenvalue weighted by Gasteiger charge is 2.23. The second-order valence-corrected chi connectivity index (χ2v) is 6.80. The SMILES string of the molecule is CSC1CCCCC1NCCS(N)(=O)=O. The van der Waals surface area contributed by atoms with E-state index in [4.69, 9.17) is 5.14 Å². The molecule has 0 amide bonds. The first-order chi connectivity index (χ1) is 7.03. The summed E-state index contributed by atoms with van der Waals surface area (Å²) in [6.45, 7) is 0.473. The van der Waals surface area contributed by atoms with Gasteiger partial charge >= 0.3 is 0 Å². The minimum atomic E-state index is -3.32. The topological polar surface area (TPSA) is 72.2 Å². The number of hydrogen-bond acceptors (Lipinski definition) is 4. The Kier molecular flexibility index (Phi) is 5.38. The fraction of sp³-hybridized carbons (Fsp3) is 1.00. The van der Waals surface area contributed by atoms with E-state index in [0.29, 0.717) is 17.8 Å². The van der Waals surface area contributed by atoms with Crippen LogP contribution in [-0.2, 0) is 10.0 Å². The third-order valence-electron chi connectivity index (χ3n) is 2.80. The van der Waals surface area contributed by atoms with Crippen molar-refractivity contribution in [2.75, 3.05) is 18.6 Å². The summed E-state index contributed by atoms with van der Waals surface area (Å²) < 4.78 is 21.5. The van der Waals surface area contributed by atoms with Crippen molar-refractivity contribution >= 4 is 21.8 Å². The lowest BCUT2D eigenvalue weighted by Gasteiger charge is -2.31. The van der Waals surface area contributed by atoms with Crippen LogP contribution >= 0.6 is 11.8 Å². The molecule has 0 radical (unpaired) electrons. The molecule has 0 saturated heterocycles. The summed E-state index contributed by atoms with van der Waals surface area (Å²) in [6.07, 6.45) is 7.03. The van der Waals surface area contributed by atoms with Crippen LogP contribution < -0.4 is 10.5 Å². The van der Waals surface area contributed by atoms with Crippen molar-refractivity contribution < 1.29 is 8.42 Å². The Morgan fingerprint density at radius 2 is 2.07 bits per heavy atom. The quantitative estimate of drug-likeness (QED) is 0.749. The molecule has 1 aliphatic rings. The van der Waals surface area contributed by atoms with Gasteiger partial charge in [0.05, 0.1) is 5.75 Å². The van der Waals surface area contributed by atoms with E-state index >= 15 is 0 Å². The van der Waals surface area contributed by atoms with Crippen LogP contribution in [0.25, 0.3) is 0 Å². The molecule has 0 aromatic heterocycles. The first-order valence-corrected chi connectivity index (χ1v) is 8.30. The van der Waals surface area contributed by atoms with E-state index in [9.17, 15) is 8.42 Å². The molecular weight excluding hydrogens is 232 g/mol. The van der Waals surface area contributed by atoms with Crippen molar-refractivity contribution in [1.82, 2.24) is 5.32 Å². The van der Waals surface area contributed by atoms with Gasteiger partial charge in [-0.15, -0.1) is 0 Å². The van der Waals surface area contributed by atoms with E-state index in [-0.39, 0.29) is 5.75 Å². The molecule has 1 rings (SSSR count). The van der Waals surface area contributed by atoms with Crippen molar-refractivity contribution in [2.24, 2.45) is 5.14 Å². The van der Waals surface area contributed by atoms with Gasteiger partial charge in [-0.3, -0.25) is 0 Å². The first-order valence-electron chi connectivity index (χ1n) is 5.29. The maximum atomic E-state index is 10.8. The number of primary sulfonamides is 1. The molecule has 90 valence electrons. The number of sulfonamides is 1. The van der Waals surface area contributed by atoms with Crippen molar-refractivity contribution in [3.05, 3.63) is 0 Å². The van der Waals surface area contributed by atoms with Gasteiger partial charge in [0.2, 0.25) is 10.0 Å². The van der Waals surface area contributed by atoms with Crippen molar-refractivity contribution in [2.45, 2.75) is 37.0 Å². The average Bonchev–Trinajstić information content (AvgIpc) is 2.16. The number of thioether (sulfide) groups is 1. The van der Waals surface area contributed by atoms with Crippen molar-refractivity contribution in [3.8, 4) is 0 Å². The third-order valence-corrected chi connectivity index (χ3v) is 4.74. The molecule has 1 saturated carbocycles. The van der Waals surface area contributed by atoms with E-state index in [2.05, 4.69) is 11.6 Å². The van der Waals surface area contributed by atoms with Crippen molar-refractivity contribution in [3.63, 3.8) is 0 Å². The van der Waals surface area contributed by atoms with E-state index in [0.717, 1.165) is 6.42 Å². The van der Waals surface area contributed by atoms with Gasteiger partial charge in [-0.2, -0.15) is 11.8 Å². The first kappa shape index (κ1) is 13.3. The fourth-order valence-electron chi connectivity index (χ4n) is 2.00. The van der Waals surface area contributed by atoms with Gasteiger partial charge in [0, 0.05) is 17.8 Å². The van der Waals surface area contributed by atoms with Gasteiger partial charge in [0.1, 0.15) is 0 Å². The van der Waals surface area contributed by atoms with Gasteiger partial charge in [-0.1, -0.05) is 12.8 Å². The number of nitrogens with one attached hydrogen (secondary N) is 1. The van der Waals surface area contributed by atoms with Gasteiger partial charge in [-0.25, -0.2) is 13.6 Å². The fourth-order valence-corrected chi connectivity index (χ4v) is 3.36. The largest absolute Gasteiger partial charge is 0.312 e. The molecule has 0 aliphatic heterocycles. The highest BCUT2D eigenvalue weighted by atomic mass is 32.2. The maximum absolute atomic E-state index is 10.8. The van der Waals surface area contributed by atoms with Crippen LogP contribution in [0.3, 0.4) is 0 Å². The average molecular weight is 252 g/mol. The van der Waals surface area contributed by atoms with Gasteiger partial charge < -0.3 is 5.32 Å². The molecule has 6 heteroatoms. The van der Waals surface area contributed by atoms with Crippen LogP contribution in [0.15, 0.2) is 0 Å². The van der Waals surface area contributed by atoms with E-state index in [1.165, 1.54) is 19.3 Å². The molecule has 2 atom stereocenters. The van der Waals surface area contributed by atoms with Crippen LogP contribution in [0, 0.1) is 0 Å². The molecule has 0 spiro atoms. The Labute approximate surface area is 96.4 Å². The summed E-state index contributed by atoms with van der Waals surface area (Å²) in [5.74, 6) is 0.0323. The second-order valence-electron chi connectivity index (χ2n) is 3.99. The van der Waals surface area contributed by atoms with Gasteiger partial charge in [-0.05, 0) is 19.1 Å². The Morgan fingerprint density at radius 1 is 1.40 bits per heavy atom. The van der Waals surface area contributed by atoms with Crippen molar-refractivity contribution in [1.29, 1.82) is 0 Å². The molecule has 4 nitrogen and oxygen atoms in total. The lowest BCUT2D eigenvalue weighted by Crippen LogP contribution is -2.42. The number of hydrogen-bond donors (Lipinski definition) is 2. The summed E-state index contributed by atoms with van der Waals surface area (Å²) in [5.41, 5.74) is 0. The number of rotatable bonds is 5. The summed E-state index contributed by atoms with van der Waals surface area (Å²) >= 11 is 1.87. The smallest absolute Gasteiger partial charge is 0.210 e. The molecule has 3 N–H and O–H groups in total. The lowest BCUT2D eigenvalue weighted by atomic mass is 9.95. The third kappa shape index (κ3) is 5.19. The molecular formula is C9H20N2O2S2. The van der Waals surface area contributed by atoms with Crippen LogP contribution in [0.4, 0.5) is 0 Å². The predicted octanol–water partition coefficient (Wildman–Crippen LogP) is 0.539. The zero-order valence-corrected chi connectivity index (χ0v) is 10.7. The van der Waals surface area contributed by atoms with E-state index in [1.54, 1.807) is 0 Å². The van der Waals surface area contributed by atoms with Crippen LogP contribution in [-0.4, -0.2) is 38.3 Å². The summed E-state index contributed by atoms with van der Waals surface area (Å²) in [6, 6.07) is 0.454. The Bertz CT molecular complexity index is 280. The maximum Gasteiger partial charge on any atom is 0.210 e. The summed E-state index contributed by atoms with van der Waals surface area (Å²) in [4.78, 5) is 0. The molecule has 0 heterocycles. The normalized spacial score (nSPS) is 27.9. The molecule has 0 bridgehead atoms. The van der Waals surface area contributed by atoms with Crippen LogP contribution in [0.5, 0.6) is 0 Å². The number of nitrogens with two attached hydrogens (primary N) is 1. The minimum absolute atomic E-state index is 0.0323. The molecule has 15 heavy (non-hydrogen) atoms. The predicted molar refractivity (Wildman–Crippen MR) is 65.5 cm³/mol. The van der Waals surface area contributed by atoms with Gasteiger partial charge in [0.25, 0.3) is 0 Å². The Balaban J connectivity index is 2.29. The standard InChI is InChI=1S/C9H20N2O2S2/c1-14-9-5-3-2-4-8(9)11-6-7-15(10,12)13/h8-9,11H,2-7H2,1H3,(H2,10,12,13). The summed E-state index contributed by atoms with van der Waals surface area (Å²) in [7, 11) is -3.32. The Hall–Kier alpha value is 0.220. The molecule has 0 aromatic carbocycles. The second kappa shape index (κ2) is 6.08. The summed E-state index contributed by atoms with van der Waals surface area (Å²) in [5, 5.41) is 8.87. The van der Waals surface area contributed by atoms with E-state index < -0.39 is 10.0 Å². The minimum Gasteiger partial charge on any atom is -0.312 e. The molecule has 0 aromatic rings. The highest BCUT2D eigenvalue weighted by Crippen LogP contribution is 2.26. The Morgan fingerprint density at radius 3 is 2.67 bits per heavy atom. The molecule has 1 fully saturated rings. The van der Waals surface area contributed by atoms with E-state index in [1.807, 2.05) is 11.8 Å². The van der Waals surface area contributed by atoms with Gasteiger partial charge in [0.15, 0.2) is 0 Å². The van der Waals surface area contributed by atoms with Crippen LogP contribution in [0.1, 0.15) is 25.7 Å². The zero-order chi connectivity index (χ0) is 11.3. The lowest BCUT2D eigenvalue weighted by molar-refractivity contribution is 0.391. The molecule has 1 aliphatic carbocycles. The highest BCUT2D eigenvalue weighted by molar-refractivity contribution is 7.99. The van der Waals surface area contributed by atoms with Crippen LogP contribution in [0.2, 0.25) is 0 Å². The molecule has 2 unspecified atom stereocenters. The zero-order valence-electron chi connectivity index (χ0n) is 9.11. The monoisotopic (exact) mass is 252 g/mol.